The van der Waals surface area contributed by atoms with E-state index in [0.717, 1.165) is 5.82 Å². The number of H-pyrrole nitrogens is 1. The van der Waals surface area contributed by atoms with E-state index < -0.39 is 0 Å². The average molecular weight is 194 g/mol. The fourth-order valence-corrected chi connectivity index (χ4v) is 2.20. The number of nitrogens with one attached hydrogen (secondary N) is 1. The molecule has 2 rings (SSSR count). The van der Waals surface area contributed by atoms with Crippen LogP contribution in [-0.2, 0) is 0 Å². The number of nitrogens with two attached hydrogens (primary N) is 1. The van der Waals surface area contributed by atoms with Crippen molar-refractivity contribution < 1.29 is 0 Å². The van der Waals surface area contributed by atoms with Gasteiger partial charge in [-0.15, -0.1) is 5.10 Å². The maximum Gasteiger partial charge on any atom is 0.239 e. The Labute approximate surface area is 84.3 Å². The van der Waals surface area contributed by atoms with Gasteiger partial charge in [0.2, 0.25) is 5.95 Å². The van der Waals surface area contributed by atoms with E-state index >= 15 is 0 Å². The standard InChI is InChI=1S/C10H18N4/c11-10-12-9(13-14-10)8-6-4-2-1-3-5-7-8/h8H,1-7H2,(H3,11,12,13,14). The summed E-state index contributed by atoms with van der Waals surface area (Å²) >= 11 is 0. The van der Waals surface area contributed by atoms with Gasteiger partial charge in [-0.3, -0.25) is 5.10 Å². The fraction of sp³-hybridized carbons (Fsp3) is 0.800. The summed E-state index contributed by atoms with van der Waals surface area (Å²) in [6.45, 7) is 0. The first-order valence-electron chi connectivity index (χ1n) is 5.54. The van der Waals surface area contributed by atoms with Gasteiger partial charge in [0.05, 0.1) is 0 Å². The molecule has 0 unspecified atom stereocenters. The van der Waals surface area contributed by atoms with Gasteiger partial charge in [-0.2, -0.15) is 4.98 Å². The van der Waals surface area contributed by atoms with Crippen molar-refractivity contribution in [3.05, 3.63) is 5.82 Å². The van der Waals surface area contributed by atoms with Crippen LogP contribution in [-0.4, -0.2) is 15.2 Å². The number of aromatic amines is 1. The van der Waals surface area contributed by atoms with Crippen LogP contribution in [0.3, 0.4) is 0 Å². The number of nitrogens with zero attached hydrogens (tertiary/aromatic N) is 2. The Morgan fingerprint density at radius 3 is 2.29 bits per heavy atom. The lowest BCUT2D eigenvalue weighted by Crippen LogP contribution is -2.04. The van der Waals surface area contributed by atoms with Crippen molar-refractivity contribution in [2.75, 3.05) is 5.73 Å². The predicted octanol–water partition coefficient (Wildman–Crippen LogP) is 2.21. The van der Waals surface area contributed by atoms with E-state index in [2.05, 4.69) is 15.2 Å². The van der Waals surface area contributed by atoms with Crippen LogP contribution >= 0.6 is 0 Å². The van der Waals surface area contributed by atoms with E-state index in [1.165, 1.54) is 44.9 Å². The van der Waals surface area contributed by atoms with Gasteiger partial charge >= 0.3 is 0 Å². The molecule has 0 radical (unpaired) electrons. The first kappa shape index (κ1) is 9.49. The average Bonchev–Trinajstić information content (AvgIpc) is 2.51. The summed E-state index contributed by atoms with van der Waals surface area (Å²) in [5.74, 6) is 1.92. The van der Waals surface area contributed by atoms with Gasteiger partial charge in [0, 0.05) is 5.92 Å². The maximum absolute atomic E-state index is 5.50. The summed E-state index contributed by atoms with van der Waals surface area (Å²) in [7, 11) is 0. The molecule has 1 aromatic heterocycles. The second-order valence-electron chi connectivity index (χ2n) is 4.12. The van der Waals surface area contributed by atoms with E-state index in [4.69, 9.17) is 5.73 Å². The second kappa shape index (κ2) is 4.44. The summed E-state index contributed by atoms with van der Waals surface area (Å²) in [6, 6.07) is 0. The van der Waals surface area contributed by atoms with Crippen LogP contribution < -0.4 is 5.73 Å². The van der Waals surface area contributed by atoms with Crippen LogP contribution in [0.2, 0.25) is 0 Å². The first-order chi connectivity index (χ1) is 6.86. The van der Waals surface area contributed by atoms with Crippen molar-refractivity contribution in [3.63, 3.8) is 0 Å². The number of aromatic nitrogens is 3. The molecule has 1 saturated carbocycles. The Bertz CT molecular complexity index is 273. The summed E-state index contributed by atoms with van der Waals surface area (Å²) in [5.41, 5.74) is 5.50. The molecule has 1 aliphatic rings. The molecular weight excluding hydrogens is 176 g/mol. The smallest absolute Gasteiger partial charge is 0.239 e. The van der Waals surface area contributed by atoms with Crippen LogP contribution in [0.4, 0.5) is 5.95 Å². The minimum atomic E-state index is 0.377. The third kappa shape index (κ3) is 2.25. The second-order valence-corrected chi connectivity index (χ2v) is 4.12. The van der Waals surface area contributed by atoms with Crippen molar-refractivity contribution in [1.82, 2.24) is 15.2 Å². The first-order valence-corrected chi connectivity index (χ1v) is 5.54. The third-order valence-electron chi connectivity index (χ3n) is 3.01. The lowest BCUT2D eigenvalue weighted by Gasteiger charge is -2.16. The highest BCUT2D eigenvalue weighted by Gasteiger charge is 2.16. The van der Waals surface area contributed by atoms with Crippen molar-refractivity contribution in [1.29, 1.82) is 0 Å². The Hall–Kier alpha value is -1.06. The van der Waals surface area contributed by atoms with Crippen molar-refractivity contribution >= 4 is 5.95 Å². The van der Waals surface area contributed by atoms with Gasteiger partial charge in [-0.05, 0) is 12.8 Å². The number of hydrogen-bond donors (Lipinski definition) is 2. The molecule has 14 heavy (non-hydrogen) atoms. The van der Waals surface area contributed by atoms with Crippen molar-refractivity contribution in [3.8, 4) is 0 Å². The fourth-order valence-electron chi connectivity index (χ4n) is 2.20. The zero-order valence-corrected chi connectivity index (χ0v) is 8.50. The molecule has 1 aliphatic carbocycles. The summed E-state index contributed by atoms with van der Waals surface area (Å²) in [4.78, 5) is 4.22. The highest BCUT2D eigenvalue weighted by Crippen LogP contribution is 2.28. The number of hydrogen-bond acceptors (Lipinski definition) is 3. The lowest BCUT2D eigenvalue weighted by molar-refractivity contribution is 0.443. The molecule has 0 amide bonds. The van der Waals surface area contributed by atoms with Gasteiger partial charge < -0.3 is 5.73 Å². The number of nitrogen functional groups attached to an aromatic ring is 1. The Balaban J connectivity index is 2.00. The maximum atomic E-state index is 5.50. The van der Waals surface area contributed by atoms with Gasteiger partial charge in [0.1, 0.15) is 5.82 Å². The van der Waals surface area contributed by atoms with Crippen LogP contribution in [0.15, 0.2) is 0 Å². The minimum absolute atomic E-state index is 0.377. The molecule has 1 heterocycles. The molecule has 3 N–H and O–H groups in total. The normalized spacial score (nSPS) is 20.3. The monoisotopic (exact) mass is 194 g/mol. The largest absolute Gasteiger partial charge is 0.367 e. The predicted molar refractivity (Wildman–Crippen MR) is 55.9 cm³/mol. The zero-order valence-electron chi connectivity index (χ0n) is 8.50. The Morgan fingerprint density at radius 1 is 1.07 bits per heavy atom. The topological polar surface area (TPSA) is 67.6 Å². The van der Waals surface area contributed by atoms with E-state index in [1.807, 2.05) is 0 Å². The van der Waals surface area contributed by atoms with Crippen molar-refractivity contribution in [2.24, 2.45) is 0 Å². The molecule has 4 nitrogen and oxygen atoms in total. The van der Waals surface area contributed by atoms with Crippen molar-refractivity contribution in [2.45, 2.75) is 50.9 Å². The van der Waals surface area contributed by atoms with E-state index in [0.29, 0.717) is 11.9 Å². The van der Waals surface area contributed by atoms with Crippen LogP contribution in [0.25, 0.3) is 0 Å². The summed E-state index contributed by atoms with van der Waals surface area (Å²) < 4.78 is 0. The van der Waals surface area contributed by atoms with Gasteiger partial charge in [-0.1, -0.05) is 32.1 Å². The molecular formula is C10H18N4. The Kier molecular flexibility index (Phi) is 3.01. The van der Waals surface area contributed by atoms with Gasteiger partial charge in [0.15, 0.2) is 0 Å². The molecule has 1 fully saturated rings. The van der Waals surface area contributed by atoms with E-state index in [9.17, 15) is 0 Å². The minimum Gasteiger partial charge on any atom is -0.367 e. The molecule has 0 aromatic carbocycles. The molecule has 0 bridgehead atoms. The van der Waals surface area contributed by atoms with Crippen LogP contribution in [0.5, 0.6) is 0 Å². The molecule has 0 atom stereocenters. The van der Waals surface area contributed by atoms with Crippen LogP contribution in [0, 0.1) is 0 Å². The van der Waals surface area contributed by atoms with E-state index in [-0.39, 0.29) is 0 Å². The molecule has 0 saturated heterocycles. The zero-order chi connectivity index (χ0) is 9.80. The quantitative estimate of drug-likeness (QED) is 0.720. The summed E-state index contributed by atoms with van der Waals surface area (Å²) in [5, 5.41) is 6.82. The molecule has 78 valence electrons. The summed E-state index contributed by atoms with van der Waals surface area (Å²) in [6.07, 6.45) is 9.20. The molecule has 4 heteroatoms. The highest BCUT2D eigenvalue weighted by molar-refractivity contribution is 5.14. The third-order valence-corrected chi connectivity index (χ3v) is 3.01. The SMILES string of the molecule is Nc1n[nH]c(C2CCCCCCC2)n1. The Morgan fingerprint density at radius 2 is 1.71 bits per heavy atom. The molecule has 1 aromatic rings. The highest BCUT2D eigenvalue weighted by atomic mass is 15.3. The molecule has 0 aliphatic heterocycles. The van der Waals surface area contributed by atoms with E-state index in [1.54, 1.807) is 0 Å². The number of anilines is 1. The molecule has 0 spiro atoms. The number of rotatable bonds is 1. The van der Waals surface area contributed by atoms with Gasteiger partial charge in [0.25, 0.3) is 0 Å². The van der Waals surface area contributed by atoms with Crippen LogP contribution in [0.1, 0.15) is 56.7 Å². The van der Waals surface area contributed by atoms with Gasteiger partial charge in [-0.25, -0.2) is 0 Å². The lowest BCUT2D eigenvalue weighted by atomic mass is 9.91.